The molecule has 0 saturated carbocycles. The van der Waals surface area contributed by atoms with Gasteiger partial charge in [0, 0.05) is 18.5 Å². The third-order valence-electron chi connectivity index (χ3n) is 4.31. The van der Waals surface area contributed by atoms with E-state index in [0.29, 0.717) is 29.6 Å². The molecule has 0 bridgehead atoms. The van der Waals surface area contributed by atoms with Crippen molar-refractivity contribution in [2.24, 2.45) is 0 Å². The Morgan fingerprint density at radius 1 is 1.15 bits per heavy atom. The van der Waals surface area contributed by atoms with Crippen LogP contribution >= 0.6 is 0 Å². The number of hydrogen-bond acceptors (Lipinski definition) is 4. The number of carbonyl (C=O) groups is 2. The Morgan fingerprint density at radius 3 is 2.31 bits per heavy atom. The van der Waals surface area contributed by atoms with Gasteiger partial charge in [0.05, 0.1) is 21.3 Å². The van der Waals surface area contributed by atoms with Gasteiger partial charge in [-0.3, -0.25) is 9.59 Å². The fourth-order valence-corrected chi connectivity index (χ4v) is 6.93. The molecule has 0 radical (unpaired) electrons. The first-order valence-corrected chi connectivity index (χ1v) is 11.2. The van der Waals surface area contributed by atoms with Crippen molar-refractivity contribution in [3.63, 3.8) is 0 Å². The van der Waals surface area contributed by atoms with Crippen molar-refractivity contribution in [3.05, 3.63) is 29.8 Å². The number of nitrogens with zero attached hydrogens (tertiary/aromatic N) is 1. The Bertz CT molecular complexity index is 613. The summed E-state index contributed by atoms with van der Waals surface area (Å²) < 4.78 is 4.88. The molecule has 1 rings (SSSR count). The predicted octanol–water partition coefficient (Wildman–Crippen LogP) is 2.91. The molecule has 0 aromatic heterocycles. The van der Waals surface area contributed by atoms with Crippen LogP contribution in [-0.4, -0.2) is 33.8 Å². The summed E-state index contributed by atoms with van der Waals surface area (Å²) in [5.74, 6) is -0.459. The molecular formula is C20H30N2O3Si. The van der Waals surface area contributed by atoms with Crippen LogP contribution in [0.5, 0.6) is 0 Å². The second-order valence-electron chi connectivity index (χ2n) is 7.12. The fourth-order valence-electron chi connectivity index (χ4n) is 3.22. The number of amides is 1. The molecule has 142 valence electrons. The molecule has 0 aliphatic rings. The monoisotopic (exact) mass is 374 g/mol. The first-order valence-electron chi connectivity index (χ1n) is 9.27. The zero-order chi connectivity index (χ0) is 19.5. The second kappa shape index (κ2) is 11.5. The standard InChI is InChI=1S/C20H30N2O3Si/c1-15(2)26(16(3)4)18-10-8-17(9-11-18)20(24)22-13-5-7-19(23)25-14-6-12-21/h8-11,15-16,26H,5-7,13-14H2,1-4H3,(H,22,24). The molecule has 1 aromatic rings. The SMILES string of the molecule is CC(C)[SiH](c1ccc(C(=O)NCCCC(=O)OCCC#N)cc1)C(C)C. The molecule has 1 N–H and O–H groups in total. The summed E-state index contributed by atoms with van der Waals surface area (Å²) in [4.78, 5) is 23.6. The van der Waals surface area contributed by atoms with E-state index in [1.165, 1.54) is 5.19 Å². The highest BCUT2D eigenvalue weighted by Crippen LogP contribution is 2.20. The zero-order valence-electron chi connectivity index (χ0n) is 16.2. The van der Waals surface area contributed by atoms with Gasteiger partial charge in [-0.25, -0.2) is 0 Å². The van der Waals surface area contributed by atoms with E-state index in [1.807, 2.05) is 18.2 Å². The quantitative estimate of drug-likeness (QED) is 0.388. The van der Waals surface area contributed by atoms with Crippen LogP contribution in [-0.2, 0) is 9.53 Å². The van der Waals surface area contributed by atoms with E-state index in [9.17, 15) is 9.59 Å². The van der Waals surface area contributed by atoms with Gasteiger partial charge in [0.15, 0.2) is 0 Å². The van der Waals surface area contributed by atoms with Gasteiger partial charge in [0.25, 0.3) is 5.91 Å². The molecule has 0 fully saturated rings. The highest BCUT2D eigenvalue weighted by molar-refractivity contribution is 6.75. The molecule has 0 aliphatic carbocycles. The summed E-state index contributed by atoms with van der Waals surface area (Å²) in [5.41, 5.74) is 2.01. The lowest BCUT2D eigenvalue weighted by Gasteiger charge is -2.23. The number of carbonyl (C=O) groups excluding carboxylic acids is 2. The van der Waals surface area contributed by atoms with E-state index in [4.69, 9.17) is 10.00 Å². The van der Waals surface area contributed by atoms with Crippen molar-refractivity contribution in [1.29, 1.82) is 5.26 Å². The van der Waals surface area contributed by atoms with Crippen LogP contribution < -0.4 is 10.5 Å². The number of nitriles is 1. The lowest BCUT2D eigenvalue weighted by molar-refractivity contribution is -0.143. The molecule has 1 amide bonds. The smallest absolute Gasteiger partial charge is 0.305 e. The number of rotatable bonds is 10. The van der Waals surface area contributed by atoms with Gasteiger partial charge in [0.2, 0.25) is 0 Å². The summed E-state index contributed by atoms with van der Waals surface area (Å²) in [7, 11) is -1.05. The largest absolute Gasteiger partial charge is 0.465 e. The van der Waals surface area contributed by atoms with Crippen molar-refractivity contribution < 1.29 is 14.3 Å². The van der Waals surface area contributed by atoms with E-state index >= 15 is 0 Å². The van der Waals surface area contributed by atoms with Crippen molar-refractivity contribution in [1.82, 2.24) is 5.32 Å². The van der Waals surface area contributed by atoms with Gasteiger partial charge >= 0.3 is 5.97 Å². The zero-order valence-corrected chi connectivity index (χ0v) is 17.4. The number of esters is 1. The summed E-state index contributed by atoms with van der Waals surface area (Å²) in [6, 6.07) is 9.89. The van der Waals surface area contributed by atoms with Gasteiger partial charge < -0.3 is 10.1 Å². The predicted molar refractivity (Wildman–Crippen MR) is 106 cm³/mol. The second-order valence-corrected chi connectivity index (χ2v) is 11.5. The molecule has 6 heteroatoms. The Labute approximate surface area is 158 Å². The Balaban J connectivity index is 2.44. The van der Waals surface area contributed by atoms with Crippen LogP contribution in [0.3, 0.4) is 0 Å². The minimum Gasteiger partial charge on any atom is -0.465 e. The molecule has 0 atom stereocenters. The number of hydrogen-bond donors (Lipinski definition) is 1. The summed E-state index contributed by atoms with van der Waals surface area (Å²) >= 11 is 0. The van der Waals surface area contributed by atoms with Gasteiger partial charge in [-0.15, -0.1) is 0 Å². The van der Waals surface area contributed by atoms with E-state index in [2.05, 4.69) is 45.1 Å². The van der Waals surface area contributed by atoms with E-state index in [0.717, 1.165) is 0 Å². The lowest BCUT2D eigenvalue weighted by atomic mass is 10.2. The molecule has 26 heavy (non-hydrogen) atoms. The molecule has 0 aliphatic heterocycles. The van der Waals surface area contributed by atoms with Crippen molar-refractivity contribution in [2.45, 2.75) is 58.0 Å². The Morgan fingerprint density at radius 2 is 1.77 bits per heavy atom. The van der Waals surface area contributed by atoms with Gasteiger partial charge in [0.1, 0.15) is 6.61 Å². The maximum absolute atomic E-state index is 12.2. The minimum atomic E-state index is -1.05. The molecular weight excluding hydrogens is 344 g/mol. The molecule has 0 spiro atoms. The molecule has 0 saturated heterocycles. The third-order valence-corrected chi connectivity index (χ3v) is 8.34. The topological polar surface area (TPSA) is 79.2 Å². The van der Waals surface area contributed by atoms with Gasteiger partial charge in [-0.05, 0) is 29.6 Å². The minimum absolute atomic E-state index is 0.123. The lowest BCUT2D eigenvalue weighted by Crippen LogP contribution is -2.36. The van der Waals surface area contributed by atoms with Crippen LogP contribution in [0.25, 0.3) is 0 Å². The molecule has 0 heterocycles. The van der Waals surface area contributed by atoms with Crippen LogP contribution in [0.15, 0.2) is 24.3 Å². The third kappa shape index (κ3) is 7.40. The molecule has 5 nitrogen and oxygen atoms in total. The summed E-state index contributed by atoms with van der Waals surface area (Å²) in [6.07, 6.45) is 0.960. The number of ether oxygens (including phenoxy) is 1. The Kier molecular flexibility index (Phi) is 9.67. The van der Waals surface area contributed by atoms with Crippen molar-refractivity contribution in [2.75, 3.05) is 13.2 Å². The van der Waals surface area contributed by atoms with E-state index in [-0.39, 0.29) is 31.3 Å². The molecule has 0 unspecified atom stereocenters. The maximum Gasteiger partial charge on any atom is 0.305 e. The fraction of sp³-hybridized carbons (Fsp3) is 0.550. The normalized spacial score (nSPS) is 10.8. The van der Waals surface area contributed by atoms with E-state index in [1.54, 1.807) is 0 Å². The number of benzene rings is 1. The average molecular weight is 375 g/mol. The average Bonchev–Trinajstić information content (AvgIpc) is 2.59. The summed E-state index contributed by atoms with van der Waals surface area (Å²) in [6.45, 7) is 9.67. The number of nitrogens with one attached hydrogen (secondary N) is 1. The van der Waals surface area contributed by atoms with Gasteiger partial charge in [-0.2, -0.15) is 5.26 Å². The maximum atomic E-state index is 12.2. The highest BCUT2D eigenvalue weighted by Gasteiger charge is 2.21. The highest BCUT2D eigenvalue weighted by atomic mass is 28.3. The first-order chi connectivity index (χ1) is 12.4. The van der Waals surface area contributed by atoms with Crippen LogP contribution in [0.4, 0.5) is 0 Å². The van der Waals surface area contributed by atoms with E-state index < -0.39 is 8.80 Å². The Hall–Kier alpha value is -2.13. The van der Waals surface area contributed by atoms with Crippen molar-refractivity contribution >= 4 is 25.9 Å². The van der Waals surface area contributed by atoms with Crippen molar-refractivity contribution in [3.8, 4) is 6.07 Å². The van der Waals surface area contributed by atoms with Gasteiger partial charge in [-0.1, -0.05) is 45.0 Å². The van der Waals surface area contributed by atoms with Crippen LogP contribution in [0, 0.1) is 11.3 Å². The molecule has 1 aromatic carbocycles. The van der Waals surface area contributed by atoms with Crippen LogP contribution in [0.1, 0.15) is 57.3 Å². The first kappa shape index (κ1) is 21.9. The summed E-state index contributed by atoms with van der Waals surface area (Å²) in [5, 5.41) is 12.6. The van der Waals surface area contributed by atoms with Crippen LogP contribution in [0.2, 0.25) is 11.1 Å².